The molecule has 0 aliphatic carbocycles. The molecular weight excluding hydrogens is 236 g/mol. The number of fused-ring (bicyclic) bond motifs is 1. The van der Waals surface area contributed by atoms with Gasteiger partial charge < -0.3 is 9.64 Å². The van der Waals surface area contributed by atoms with Crippen LogP contribution in [0.5, 0.6) is 0 Å². The van der Waals surface area contributed by atoms with Crippen LogP contribution < -0.4 is 0 Å². The molecule has 1 aliphatic rings. The van der Waals surface area contributed by atoms with Gasteiger partial charge in [-0.2, -0.15) is 0 Å². The maximum Gasteiger partial charge on any atom is 0.0965 e. The predicted octanol–water partition coefficient (Wildman–Crippen LogP) is 3.29. The van der Waals surface area contributed by atoms with Gasteiger partial charge in [0.15, 0.2) is 0 Å². The minimum absolute atomic E-state index is 0.0709. The van der Waals surface area contributed by atoms with Gasteiger partial charge in [-0.15, -0.1) is 0 Å². The molecule has 2 atom stereocenters. The average Bonchev–Trinajstić information content (AvgIpc) is 2.44. The normalized spacial score (nSPS) is 19.0. The van der Waals surface area contributed by atoms with Gasteiger partial charge >= 0.3 is 0 Å². The first-order chi connectivity index (χ1) is 9.06. The second kappa shape index (κ2) is 6.02. The molecule has 0 saturated carbocycles. The van der Waals surface area contributed by atoms with Crippen molar-refractivity contribution in [1.29, 1.82) is 0 Å². The number of nitrogens with zero attached hydrogens (tertiary/aromatic N) is 2. The molecule has 0 radical (unpaired) electrons. The summed E-state index contributed by atoms with van der Waals surface area (Å²) in [4.78, 5) is 7.27. The van der Waals surface area contributed by atoms with Gasteiger partial charge in [0.1, 0.15) is 0 Å². The fourth-order valence-electron chi connectivity index (χ4n) is 2.68. The standard InChI is InChI=1S/C16H26N2O/c1-6-11(2)14-9-13-7-8-18(4)10-15(13)17-16(14)12(3)19-5/h9,11-12H,6-8,10H2,1-5H3. The molecule has 2 rings (SSSR count). The topological polar surface area (TPSA) is 25.4 Å². The van der Waals surface area contributed by atoms with Gasteiger partial charge in [-0.05, 0) is 43.9 Å². The summed E-state index contributed by atoms with van der Waals surface area (Å²) < 4.78 is 5.51. The number of rotatable bonds is 4. The molecule has 0 amide bonds. The van der Waals surface area contributed by atoms with E-state index in [1.54, 1.807) is 7.11 Å². The van der Waals surface area contributed by atoms with Crippen LogP contribution in [0.1, 0.15) is 61.7 Å². The van der Waals surface area contributed by atoms with Crippen molar-refractivity contribution in [2.45, 2.75) is 52.2 Å². The molecule has 3 nitrogen and oxygen atoms in total. The number of aromatic nitrogens is 1. The summed E-state index contributed by atoms with van der Waals surface area (Å²) in [5, 5.41) is 0. The molecule has 3 heteroatoms. The zero-order valence-electron chi connectivity index (χ0n) is 12.9. The average molecular weight is 262 g/mol. The van der Waals surface area contributed by atoms with Gasteiger partial charge in [0.05, 0.1) is 17.5 Å². The van der Waals surface area contributed by atoms with E-state index in [0.717, 1.165) is 31.6 Å². The Morgan fingerprint density at radius 2 is 2.16 bits per heavy atom. The Hall–Kier alpha value is -0.930. The van der Waals surface area contributed by atoms with Crippen LogP contribution in [0.4, 0.5) is 0 Å². The smallest absolute Gasteiger partial charge is 0.0965 e. The van der Waals surface area contributed by atoms with Crippen LogP contribution in [0.3, 0.4) is 0 Å². The van der Waals surface area contributed by atoms with E-state index in [1.165, 1.54) is 16.8 Å². The van der Waals surface area contributed by atoms with Crippen LogP contribution >= 0.6 is 0 Å². The SMILES string of the molecule is CCC(C)c1cc2c(nc1C(C)OC)CN(C)CC2. The van der Waals surface area contributed by atoms with Gasteiger partial charge in [-0.25, -0.2) is 0 Å². The second-order valence-corrected chi connectivity index (χ2v) is 5.74. The Morgan fingerprint density at radius 3 is 2.79 bits per heavy atom. The molecule has 2 unspecified atom stereocenters. The third-order valence-electron chi connectivity index (χ3n) is 4.32. The van der Waals surface area contributed by atoms with E-state index in [9.17, 15) is 0 Å². The van der Waals surface area contributed by atoms with Gasteiger partial charge in [-0.1, -0.05) is 19.9 Å². The molecule has 0 N–H and O–H groups in total. The summed E-state index contributed by atoms with van der Waals surface area (Å²) in [6.45, 7) is 8.70. The quantitative estimate of drug-likeness (QED) is 0.832. The highest BCUT2D eigenvalue weighted by atomic mass is 16.5. The molecule has 0 saturated heterocycles. The van der Waals surface area contributed by atoms with Crippen molar-refractivity contribution in [1.82, 2.24) is 9.88 Å². The Labute approximate surface area is 117 Å². The van der Waals surface area contributed by atoms with E-state index >= 15 is 0 Å². The Bertz CT molecular complexity index is 445. The van der Waals surface area contributed by atoms with E-state index in [1.807, 2.05) is 0 Å². The highest BCUT2D eigenvalue weighted by Gasteiger charge is 2.22. The van der Waals surface area contributed by atoms with Crippen molar-refractivity contribution in [2.24, 2.45) is 0 Å². The fourth-order valence-corrected chi connectivity index (χ4v) is 2.68. The van der Waals surface area contributed by atoms with Gasteiger partial charge in [0, 0.05) is 20.2 Å². The molecule has 1 aromatic rings. The first kappa shape index (κ1) is 14.5. The minimum atomic E-state index is 0.0709. The van der Waals surface area contributed by atoms with Crippen molar-refractivity contribution in [3.63, 3.8) is 0 Å². The Kier molecular flexibility index (Phi) is 4.58. The Balaban J connectivity index is 2.46. The van der Waals surface area contributed by atoms with Gasteiger partial charge in [0.25, 0.3) is 0 Å². The van der Waals surface area contributed by atoms with Gasteiger partial charge in [-0.3, -0.25) is 4.98 Å². The lowest BCUT2D eigenvalue weighted by Crippen LogP contribution is -2.28. The molecule has 0 fully saturated rings. The summed E-state index contributed by atoms with van der Waals surface area (Å²) in [6.07, 6.45) is 2.33. The van der Waals surface area contributed by atoms with E-state index < -0.39 is 0 Å². The van der Waals surface area contributed by atoms with Crippen LogP contribution in [0.25, 0.3) is 0 Å². The van der Waals surface area contributed by atoms with E-state index in [-0.39, 0.29) is 6.10 Å². The molecular formula is C16H26N2O. The number of pyridine rings is 1. The number of hydrogen-bond acceptors (Lipinski definition) is 3. The third kappa shape index (κ3) is 2.98. The first-order valence-corrected chi connectivity index (χ1v) is 7.30. The lowest BCUT2D eigenvalue weighted by Gasteiger charge is -2.28. The van der Waals surface area contributed by atoms with Crippen LogP contribution in [0, 0.1) is 0 Å². The number of hydrogen-bond donors (Lipinski definition) is 0. The lowest BCUT2D eigenvalue weighted by atomic mass is 9.91. The Morgan fingerprint density at radius 1 is 1.42 bits per heavy atom. The van der Waals surface area contributed by atoms with Crippen molar-refractivity contribution < 1.29 is 4.74 Å². The van der Waals surface area contributed by atoms with Crippen molar-refractivity contribution in [3.8, 4) is 0 Å². The molecule has 1 aromatic heterocycles. The van der Waals surface area contributed by atoms with Crippen LogP contribution in [-0.2, 0) is 17.7 Å². The zero-order chi connectivity index (χ0) is 14.0. The van der Waals surface area contributed by atoms with Gasteiger partial charge in [0.2, 0.25) is 0 Å². The summed E-state index contributed by atoms with van der Waals surface area (Å²) >= 11 is 0. The zero-order valence-corrected chi connectivity index (χ0v) is 12.9. The van der Waals surface area contributed by atoms with Crippen molar-refractivity contribution >= 4 is 0 Å². The minimum Gasteiger partial charge on any atom is -0.375 e. The third-order valence-corrected chi connectivity index (χ3v) is 4.32. The predicted molar refractivity (Wildman–Crippen MR) is 78.4 cm³/mol. The highest BCUT2D eigenvalue weighted by molar-refractivity contribution is 5.35. The molecule has 19 heavy (non-hydrogen) atoms. The molecule has 0 bridgehead atoms. The van der Waals surface area contributed by atoms with Crippen molar-refractivity contribution in [2.75, 3.05) is 20.7 Å². The largest absolute Gasteiger partial charge is 0.375 e. The lowest BCUT2D eigenvalue weighted by molar-refractivity contribution is 0.114. The first-order valence-electron chi connectivity index (χ1n) is 7.30. The van der Waals surface area contributed by atoms with E-state index in [2.05, 4.69) is 38.8 Å². The fraction of sp³-hybridized carbons (Fsp3) is 0.688. The monoisotopic (exact) mass is 262 g/mol. The number of likely N-dealkylation sites (N-methyl/N-ethyl adjacent to an activating group) is 1. The highest BCUT2D eigenvalue weighted by Crippen LogP contribution is 2.30. The molecule has 2 heterocycles. The van der Waals surface area contributed by atoms with E-state index in [0.29, 0.717) is 5.92 Å². The van der Waals surface area contributed by atoms with Crippen LogP contribution in [0.2, 0.25) is 0 Å². The summed E-state index contributed by atoms with van der Waals surface area (Å²) in [6, 6.07) is 2.38. The second-order valence-electron chi connectivity index (χ2n) is 5.74. The van der Waals surface area contributed by atoms with Crippen molar-refractivity contribution in [3.05, 3.63) is 28.6 Å². The number of ether oxygens (including phenoxy) is 1. The maximum absolute atomic E-state index is 5.51. The summed E-state index contributed by atoms with van der Waals surface area (Å²) in [5.41, 5.74) is 5.17. The van der Waals surface area contributed by atoms with Crippen LogP contribution in [0.15, 0.2) is 6.07 Å². The maximum atomic E-state index is 5.51. The number of methoxy groups -OCH3 is 1. The van der Waals surface area contributed by atoms with E-state index in [4.69, 9.17) is 9.72 Å². The summed E-state index contributed by atoms with van der Waals surface area (Å²) in [5.74, 6) is 0.546. The molecule has 106 valence electrons. The van der Waals surface area contributed by atoms with Crippen LogP contribution in [-0.4, -0.2) is 30.6 Å². The summed E-state index contributed by atoms with van der Waals surface area (Å²) in [7, 11) is 3.92. The molecule has 0 spiro atoms. The molecule has 1 aliphatic heterocycles. The molecule has 0 aromatic carbocycles.